The van der Waals surface area contributed by atoms with E-state index in [-0.39, 0.29) is 31.1 Å². The van der Waals surface area contributed by atoms with E-state index in [2.05, 4.69) is 4.98 Å². The number of nitrogens with zero attached hydrogens (tertiary/aromatic N) is 3. The maximum atomic E-state index is 13.3. The van der Waals surface area contributed by atoms with E-state index in [1.807, 2.05) is 17.7 Å². The topological polar surface area (TPSA) is 105 Å². The molecule has 7 nitrogen and oxygen atoms in total. The van der Waals surface area contributed by atoms with Gasteiger partial charge in [-0.1, -0.05) is 6.92 Å². The van der Waals surface area contributed by atoms with Gasteiger partial charge in [0.25, 0.3) is 0 Å². The van der Waals surface area contributed by atoms with Crippen molar-refractivity contribution in [3.63, 3.8) is 0 Å². The van der Waals surface area contributed by atoms with E-state index >= 15 is 0 Å². The van der Waals surface area contributed by atoms with Gasteiger partial charge in [-0.2, -0.15) is 5.26 Å². The fourth-order valence-electron chi connectivity index (χ4n) is 4.19. The molecule has 1 unspecified atom stereocenters. The van der Waals surface area contributed by atoms with Crippen LogP contribution in [0.3, 0.4) is 0 Å². The number of carbonyl (C=O) groups excluding carboxylic acids is 1. The molecular formula is C26H27F2N3O4. The Bertz CT molecular complexity index is 1260. The predicted molar refractivity (Wildman–Crippen MR) is 125 cm³/mol. The minimum atomic E-state index is -0.960. The maximum absolute atomic E-state index is 13.3. The van der Waals surface area contributed by atoms with Crippen LogP contribution < -0.4 is 0 Å². The third kappa shape index (κ3) is 6.70. The first kappa shape index (κ1) is 26.0. The minimum Gasteiger partial charge on any atom is -0.481 e. The van der Waals surface area contributed by atoms with Gasteiger partial charge in [0.15, 0.2) is 5.78 Å². The predicted octanol–water partition coefficient (Wildman–Crippen LogP) is 4.95. The van der Waals surface area contributed by atoms with E-state index < -0.39 is 17.6 Å². The summed E-state index contributed by atoms with van der Waals surface area (Å²) in [6, 6.07) is 6.95. The number of pyridine rings is 1. The quantitative estimate of drug-likeness (QED) is 0.289. The van der Waals surface area contributed by atoms with Gasteiger partial charge in [0, 0.05) is 55.4 Å². The Labute approximate surface area is 202 Å². The van der Waals surface area contributed by atoms with Gasteiger partial charge < -0.3 is 14.4 Å². The Hall–Kier alpha value is -3.64. The van der Waals surface area contributed by atoms with Gasteiger partial charge in [-0.25, -0.2) is 13.8 Å². The second-order valence-electron chi connectivity index (χ2n) is 8.71. The zero-order valence-corrected chi connectivity index (χ0v) is 19.7. The van der Waals surface area contributed by atoms with Crippen molar-refractivity contribution in [2.45, 2.75) is 45.6 Å². The lowest BCUT2D eigenvalue weighted by molar-refractivity contribution is -0.137. The van der Waals surface area contributed by atoms with Gasteiger partial charge in [-0.3, -0.25) is 9.59 Å². The molecule has 1 N–H and O–H groups in total. The molecule has 0 saturated heterocycles. The summed E-state index contributed by atoms with van der Waals surface area (Å²) in [4.78, 5) is 28.6. The number of hydrogen-bond acceptors (Lipinski definition) is 5. The molecule has 1 aromatic carbocycles. The van der Waals surface area contributed by atoms with Crippen LogP contribution in [-0.2, 0) is 29.6 Å². The second kappa shape index (κ2) is 11.7. The Morgan fingerprint density at radius 1 is 1.17 bits per heavy atom. The lowest BCUT2D eigenvalue weighted by atomic mass is 9.94. The zero-order valence-electron chi connectivity index (χ0n) is 19.7. The first-order chi connectivity index (χ1) is 16.7. The zero-order chi connectivity index (χ0) is 25.5. The normalized spacial score (nSPS) is 12.0. The largest absolute Gasteiger partial charge is 0.481 e. The van der Waals surface area contributed by atoms with E-state index in [1.165, 1.54) is 18.3 Å². The Balaban J connectivity index is 1.71. The van der Waals surface area contributed by atoms with Gasteiger partial charge in [-0.05, 0) is 48.9 Å². The molecule has 0 amide bonds. The average molecular weight is 484 g/mol. The highest BCUT2D eigenvalue weighted by Crippen LogP contribution is 2.29. The molecule has 0 fully saturated rings. The summed E-state index contributed by atoms with van der Waals surface area (Å²) in [6.45, 7) is 2.18. The van der Waals surface area contributed by atoms with Crippen LogP contribution in [-0.4, -0.2) is 33.0 Å². The summed E-state index contributed by atoms with van der Waals surface area (Å²) in [5, 5.41) is 18.9. The summed E-state index contributed by atoms with van der Waals surface area (Å²) in [5.41, 5.74) is 2.57. The smallest absolute Gasteiger partial charge is 0.303 e. The third-order valence-electron chi connectivity index (χ3n) is 5.76. The summed E-state index contributed by atoms with van der Waals surface area (Å²) < 4.78 is 34.0. The highest BCUT2D eigenvalue weighted by molar-refractivity contribution is 6.09. The van der Waals surface area contributed by atoms with E-state index in [0.29, 0.717) is 53.6 Å². The van der Waals surface area contributed by atoms with Crippen molar-refractivity contribution in [3.8, 4) is 6.07 Å². The van der Waals surface area contributed by atoms with Crippen LogP contribution in [0.15, 0.2) is 30.5 Å². The molecule has 35 heavy (non-hydrogen) atoms. The van der Waals surface area contributed by atoms with Gasteiger partial charge in [-0.15, -0.1) is 0 Å². The molecular weight excluding hydrogens is 456 g/mol. The molecule has 0 radical (unpaired) electrons. The number of ether oxygens (including phenoxy) is 1. The Kier molecular flexibility index (Phi) is 8.66. The highest BCUT2D eigenvalue weighted by atomic mass is 19.1. The molecule has 0 aliphatic heterocycles. The van der Waals surface area contributed by atoms with Crippen molar-refractivity contribution in [1.29, 1.82) is 5.26 Å². The van der Waals surface area contributed by atoms with Gasteiger partial charge in [0.1, 0.15) is 23.4 Å². The van der Waals surface area contributed by atoms with Crippen molar-refractivity contribution in [1.82, 2.24) is 9.55 Å². The number of ketones is 1. The molecule has 0 saturated carbocycles. The molecule has 9 heteroatoms. The SMILES string of the molecule is CC(CC(=O)O)CC(=O)c1c(CCCCOCc2cc(F)cc(F)c2)n(C)c2ncc(C#N)cc12. The van der Waals surface area contributed by atoms with E-state index in [1.54, 1.807) is 13.0 Å². The lowest BCUT2D eigenvalue weighted by Gasteiger charge is -2.11. The highest BCUT2D eigenvalue weighted by Gasteiger charge is 2.24. The van der Waals surface area contributed by atoms with Crippen LogP contribution in [0.4, 0.5) is 8.78 Å². The van der Waals surface area contributed by atoms with Crippen LogP contribution in [0.2, 0.25) is 0 Å². The number of nitriles is 1. The first-order valence-electron chi connectivity index (χ1n) is 11.3. The molecule has 0 aliphatic carbocycles. The lowest BCUT2D eigenvalue weighted by Crippen LogP contribution is -2.12. The molecule has 1 atom stereocenters. The number of benzene rings is 1. The summed E-state index contributed by atoms with van der Waals surface area (Å²) in [5.74, 6) is -2.78. The van der Waals surface area contributed by atoms with Crippen molar-refractivity contribution in [2.24, 2.45) is 13.0 Å². The summed E-state index contributed by atoms with van der Waals surface area (Å²) in [6.07, 6.45) is 3.29. The van der Waals surface area contributed by atoms with Gasteiger partial charge >= 0.3 is 5.97 Å². The van der Waals surface area contributed by atoms with Crippen LogP contribution >= 0.6 is 0 Å². The minimum absolute atomic E-state index is 0.0719. The fourth-order valence-corrected chi connectivity index (χ4v) is 4.19. The molecule has 0 spiro atoms. The van der Waals surface area contributed by atoms with Crippen LogP contribution in [0.1, 0.15) is 59.8 Å². The molecule has 2 heterocycles. The number of Topliss-reactive ketones (excluding diaryl/α,β-unsaturated/α-hetero) is 1. The first-order valence-corrected chi connectivity index (χ1v) is 11.3. The van der Waals surface area contributed by atoms with E-state index in [4.69, 9.17) is 9.84 Å². The van der Waals surface area contributed by atoms with E-state index in [9.17, 15) is 23.6 Å². The number of aryl methyl sites for hydroxylation is 1. The number of hydrogen-bond donors (Lipinski definition) is 1. The van der Waals surface area contributed by atoms with Crippen molar-refractivity contribution < 1.29 is 28.2 Å². The second-order valence-corrected chi connectivity index (χ2v) is 8.71. The molecule has 2 aromatic heterocycles. The number of carbonyl (C=O) groups is 2. The number of carboxylic acids is 1. The number of aliphatic carboxylic acids is 1. The number of fused-ring (bicyclic) bond motifs is 1. The van der Waals surface area contributed by atoms with Crippen LogP contribution in [0.25, 0.3) is 11.0 Å². The van der Waals surface area contributed by atoms with Crippen LogP contribution in [0.5, 0.6) is 0 Å². The summed E-state index contributed by atoms with van der Waals surface area (Å²) in [7, 11) is 1.81. The van der Waals surface area contributed by atoms with Crippen molar-refractivity contribution in [2.75, 3.05) is 6.61 Å². The van der Waals surface area contributed by atoms with Crippen molar-refractivity contribution >= 4 is 22.8 Å². The Morgan fingerprint density at radius 2 is 1.89 bits per heavy atom. The standard InChI is InChI=1S/C26H27F2N3O4/c1-16(8-24(33)34)7-23(32)25-21-11-18(13-29)14-30-26(21)31(2)22(25)5-3-4-6-35-15-17-9-19(27)12-20(28)10-17/h9-12,14,16H,3-8,15H2,1-2H3,(H,33,34). The molecule has 3 aromatic rings. The fraction of sp³-hybridized carbons (Fsp3) is 0.385. The van der Waals surface area contributed by atoms with Crippen molar-refractivity contribution in [3.05, 3.63) is 64.5 Å². The number of halogens is 2. The molecule has 184 valence electrons. The summed E-state index contributed by atoms with van der Waals surface area (Å²) >= 11 is 0. The molecule has 0 bridgehead atoms. The third-order valence-corrected chi connectivity index (χ3v) is 5.76. The molecule has 3 rings (SSSR count). The van der Waals surface area contributed by atoms with Gasteiger partial charge in [0.2, 0.25) is 0 Å². The Morgan fingerprint density at radius 3 is 2.54 bits per heavy atom. The number of rotatable bonds is 12. The number of unbranched alkanes of at least 4 members (excludes halogenated alkanes) is 1. The maximum Gasteiger partial charge on any atom is 0.303 e. The average Bonchev–Trinajstić information content (AvgIpc) is 3.05. The van der Waals surface area contributed by atoms with E-state index in [0.717, 1.165) is 11.8 Å². The molecule has 0 aliphatic rings. The van der Waals surface area contributed by atoms with Gasteiger partial charge in [0.05, 0.1) is 12.2 Å². The number of carboxylic acid groups (broad SMARTS) is 1. The number of aromatic nitrogens is 2. The monoisotopic (exact) mass is 483 g/mol. The van der Waals surface area contributed by atoms with Crippen LogP contribution in [0, 0.1) is 28.9 Å².